The van der Waals surface area contributed by atoms with Gasteiger partial charge in [-0.3, -0.25) is 0 Å². The van der Waals surface area contributed by atoms with Gasteiger partial charge in [0.2, 0.25) is 0 Å². The van der Waals surface area contributed by atoms with Crippen LogP contribution in [0.2, 0.25) is 0 Å². The Kier molecular flexibility index (Phi) is 3.39. The molecule has 0 aliphatic carbocycles. The largest absolute Gasteiger partial charge is 0.497 e. The molecular formula is C16H16N2O3. The third-order valence-corrected chi connectivity index (χ3v) is 3.35. The number of aromatic nitrogens is 2. The minimum absolute atomic E-state index is 0.731. The molecule has 3 rings (SSSR count). The summed E-state index contributed by atoms with van der Waals surface area (Å²) in [5, 5.41) is 0. The molecule has 0 aliphatic rings. The molecule has 0 bridgehead atoms. The van der Waals surface area contributed by atoms with Gasteiger partial charge in [-0.2, -0.15) is 0 Å². The fourth-order valence-corrected chi connectivity index (χ4v) is 2.24. The van der Waals surface area contributed by atoms with Crippen molar-refractivity contribution in [1.82, 2.24) is 9.97 Å². The predicted octanol–water partition coefficient (Wildman–Crippen LogP) is 3.26. The molecule has 0 amide bonds. The van der Waals surface area contributed by atoms with Gasteiger partial charge in [0.1, 0.15) is 23.1 Å². The lowest BCUT2D eigenvalue weighted by Gasteiger charge is -2.08. The van der Waals surface area contributed by atoms with Crippen molar-refractivity contribution in [3.8, 4) is 28.6 Å². The first-order valence-corrected chi connectivity index (χ1v) is 6.51. The highest BCUT2D eigenvalue weighted by Crippen LogP contribution is 2.33. The van der Waals surface area contributed by atoms with Crippen molar-refractivity contribution >= 4 is 11.0 Å². The standard InChI is InChI=1S/C16H16N2O3/c1-19-10-5-7-15(21-3)12(8-10)16-17-13-6-4-11(20-2)9-14(13)18-16/h4-9H,1-3H3,(H,17,18). The number of nitrogens with one attached hydrogen (secondary N) is 1. The van der Waals surface area contributed by atoms with Crippen molar-refractivity contribution in [2.24, 2.45) is 0 Å². The maximum atomic E-state index is 5.40. The Morgan fingerprint density at radius 3 is 2.29 bits per heavy atom. The van der Waals surface area contributed by atoms with Crippen LogP contribution < -0.4 is 14.2 Å². The number of methoxy groups -OCH3 is 3. The SMILES string of the molecule is COc1ccc(OC)c(-c2nc3ccc(OC)cc3[nH]2)c1. The van der Waals surface area contributed by atoms with Crippen molar-refractivity contribution in [1.29, 1.82) is 0 Å². The average molecular weight is 284 g/mol. The van der Waals surface area contributed by atoms with E-state index in [-0.39, 0.29) is 0 Å². The van der Waals surface area contributed by atoms with Crippen LogP contribution in [0.3, 0.4) is 0 Å². The Labute approximate surface area is 122 Å². The Morgan fingerprint density at radius 1 is 0.857 bits per heavy atom. The molecule has 1 N–H and O–H groups in total. The van der Waals surface area contributed by atoms with Gasteiger partial charge in [0.25, 0.3) is 0 Å². The average Bonchev–Trinajstić information content (AvgIpc) is 2.96. The van der Waals surface area contributed by atoms with E-state index in [4.69, 9.17) is 14.2 Å². The van der Waals surface area contributed by atoms with Gasteiger partial charge >= 0.3 is 0 Å². The molecule has 1 heterocycles. The van der Waals surface area contributed by atoms with Crippen molar-refractivity contribution in [3.63, 3.8) is 0 Å². The van der Waals surface area contributed by atoms with Crippen LogP contribution in [0.4, 0.5) is 0 Å². The van der Waals surface area contributed by atoms with Crippen molar-refractivity contribution < 1.29 is 14.2 Å². The molecule has 0 radical (unpaired) electrons. The highest BCUT2D eigenvalue weighted by Gasteiger charge is 2.12. The molecule has 2 aromatic carbocycles. The van der Waals surface area contributed by atoms with Crippen LogP contribution >= 0.6 is 0 Å². The summed E-state index contributed by atoms with van der Waals surface area (Å²) in [5.74, 6) is 3.01. The molecular weight excluding hydrogens is 268 g/mol. The van der Waals surface area contributed by atoms with Crippen molar-refractivity contribution in [2.45, 2.75) is 0 Å². The first-order valence-electron chi connectivity index (χ1n) is 6.51. The van der Waals surface area contributed by atoms with E-state index in [2.05, 4.69) is 9.97 Å². The molecule has 0 spiro atoms. The Balaban J connectivity index is 2.15. The van der Waals surface area contributed by atoms with Gasteiger partial charge in [-0.25, -0.2) is 4.98 Å². The van der Waals surface area contributed by atoms with E-state index in [0.29, 0.717) is 0 Å². The number of hydrogen-bond donors (Lipinski definition) is 1. The molecule has 0 unspecified atom stereocenters. The smallest absolute Gasteiger partial charge is 0.142 e. The molecule has 0 aliphatic heterocycles. The van der Waals surface area contributed by atoms with E-state index in [1.807, 2.05) is 36.4 Å². The molecule has 1 aromatic heterocycles. The first-order chi connectivity index (χ1) is 10.2. The Bertz CT molecular complexity index is 780. The zero-order chi connectivity index (χ0) is 14.8. The first kappa shape index (κ1) is 13.3. The number of H-pyrrole nitrogens is 1. The topological polar surface area (TPSA) is 56.4 Å². The van der Waals surface area contributed by atoms with Crippen LogP contribution in [-0.2, 0) is 0 Å². The number of benzene rings is 2. The Morgan fingerprint density at radius 2 is 1.57 bits per heavy atom. The van der Waals surface area contributed by atoms with Gasteiger partial charge in [-0.05, 0) is 30.3 Å². The summed E-state index contributed by atoms with van der Waals surface area (Å²) in [6.45, 7) is 0. The van der Waals surface area contributed by atoms with Crippen LogP contribution in [0.5, 0.6) is 17.2 Å². The lowest BCUT2D eigenvalue weighted by molar-refractivity contribution is 0.404. The van der Waals surface area contributed by atoms with Crippen LogP contribution in [0.25, 0.3) is 22.4 Å². The molecule has 21 heavy (non-hydrogen) atoms. The fourth-order valence-electron chi connectivity index (χ4n) is 2.24. The van der Waals surface area contributed by atoms with Gasteiger partial charge in [0.05, 0.1) is 37.9 Å². The number of ether oxygens (including phenoxy) is 3. The summed E-state index contributed by atoms with van der Waals surface area (Å²) in [4.78, 5) is 7.88. The van der Waals surface area contributed by atoms with Crippen LogP contribution in [-0.4, -0.2) is 31.3 Å². The summed E-state index contributed by atoms with van der Waals surface area (Å²) in [6.07, 6.45) is 0. The van der Waals surface area contributed by atoms with E-state index >= 15 is 0 Å². The summed E-state index contributed by atoms with van der Waals surface area (Å²) >= 11 is 0. The van der Waals surface area contributed by atoms with E-state index in [0.717, 1.165) is 39.7 Å². The quantitative estimate of drug-likeness (QED) is 0.799. The summed E-state index contributed by atoms with van der Waals surface area (Å²) in [5.41, 5.74) is 2.64. The van der Waals surface area contributed by atoms with Gasteiger partial charge in [0, 0.05) is 6.07 Å². The normalized spacial score (nSPS) is 10.6. The van der Waals surface area contributed by atoms with E-state index in [1.165, 1.54) is 0 Å². The summed E-state index contributed by atoms with van der Waals surface area (Å²) in [6, 6.07) is 11.3. The van der Waals surface area contributed by atoms with Gasteiger partial charge in [0.15, 0.2) is 0 Å². The highest BCUT2D eigenvalue weighted by atomic mass is 16.5. The Hall–Kier alpha value is -2.69. The predicted molar refractivity (Wildman–Crippen MR) is 81.2 cm³/mol. The van der Waals surface area contributed by atoms with E-state index in [1.54, 1.807) is 21.3 Å². The number of aromatic amines is 1. The second kappa shape index (κ2) is 5.36. The molecule has 5 heteroatoms. The molecule has 0 fully saturated rings. The zero-order valence-corrected chi connectivity index (χ0v) is 12.1. The van der Waals surface area contributed by atoms with Crippen LogP contribution in [0.1, 0.15) is 0 Å². The molecule has 0 saturated heterocycles. The lowest BCUT2D eigenvalue weighted by Crippen LogP contribution is -1.91. The molecule has 0 saturated carbocycles. The minimum atomic E-state index is 0.731. The third kappa shape index (κ3) is 2.38. The molecule has 3 aromatic rings. The summed E-state index contributed by atoms with van der Waals surface area (Å²) < 4.78 is 15.9. The fraction of sp³-hybridized carbons (Fsp3) is 0.188. The van der Waals surface area contributed by atoms with Gasteiger partial charge in [-0.1, -0.05) is 0 Å². The maximum absolute atomic E-state index is 5.40. The maximum Gasteiger partial charge on any atom is 0.142 e. The number of imidazole rings is 1. The second-order valence-corrected chi connectivity index (χ2v) is 4.53. The van der Waals surface area contributed by atoms with E-state index in [9.17, 15) is 0 Å². The van der Waals surface area contributed by atoms with Crippen molar-refractivity contribution in [3.05, 3.63) is 36.4 Å². The third-order valence-electron chi connectivity index (χ3n) is 3.35. The summed E-state index contributed by atoms with van der Waals surface area (Å²) in [7, 11) is 4.91. The molecule has 5 nitrogen and oxygen atoms in total. The van der Waals surface area contributed by atoms with E-state index < -0.39 is 0 Å². The zero-order valence-electron chi connectivity index (χ0n) is 12.1. The highest BCUT2D eigenvalue weighted by molar-refractivity contribution is 5.82. The lowest BCUT2D eigenvalue weighted by atomic mass is 10.2. The van der Waals surface area contributed by atoms with Crippen LogP contribution in [0.15, 0.2) is 36.4 Å². The molecule has 0 atom stereocenters. The monoisotopic (exact) mass is 284 g/mol. The van der Waals surface area contributed by atoms with Gasteiger partial charge < -0.3 is 19.2 Å². The van der Waals surface area contributed by atoms with Crippen LogP contribution in [0, 0.1) is 0 Å². The number of hydrogen-bond acceptors (Lipinski definition) is 4. The molecule has 108 valence electrons. The number of rotatable bonds is 4. The second-order valence-electron chi connectivity index (χ2n) is 4.53. The number of nitrogens with zero attached hydrogens (tertiary/aromatic N) is 1. The number of fused-ring (bicyclic) bond motifs is 1. The van der Waals surface area contributed by atoms with Gasteiger partial charge in [-0.15, -0.1) is 0 Å². The van der Waals surface area contributed by atoms with Crippen molar-refractivity contribution in [2.75, 3.05) is 21.3 Å². The minimum Gasteiger partial charge on any atom is -0.497 e.